The molecule has 2 heteroatoms. The average Bonchev–Trinajstić information content (AvgIpc) is 2.35. The summed E-state index contributed by atoms with van der Waals surface area (Å²) >= 11 is 0. The van der Waals surface area contributed by atoms with Gasteiger partial charge < -0.3 is 4.74 Å². The second kappa shape index (κ2) is 9.03. The predicted octanol–water partition coefficient (Wildman–Crippen LogP) is 4.62. The third kappa shape index (κ3) is 5.71. The van der Waals surface area contributed by atoms with E-state index < -0.39 is 0 Å². The van der Waals surface area contributed by atoms with Gasteiger partial charge in [-0.05, 0) is 31.2 Å². The molecule has 0 saturated heterocycles. The summed E-state index contributed by atoms with van der Waals surface area (Å²) in [5.41, 5.74) is 1.18. The van der Waals surface area contributed by atoms with Gasteiger partial charge in [-0.1, -0.05) is 40.7 Å². The Morgan fingerprint density at radius 1 is 1.12 bits per heavy atom. The molecule has 0 amide bonds. The minimum absolute atomic E-state index is 0.408. The first-order valence-electron chi connectivity index (χ1n) is 6.83. The Morgan fingerprint density at radius 2 is 1.71 bits per heavy atom. The van der Waals surface area contributed by atoms with E-state index in [1.54, 1.807) is 0 Å². The van der Waals surface area contributed by atoms with E-state index in [4.69, 9.17) is 4.74 Å². The number of aromatic nitrogens is 1. The van der Waals surface area contributed by atoms with Crippen LogP contribution in [0.25, 0.3) is 0 Å². The summed E-state index contributed by atoms with van der Waals surface area (Å²) in [5, 5.41) is 0. The molecule has 1 heterocycles. The zero-order valence-electron chi connectivity index (χ0n) is 12.2. The second-order valence-electron chi connectivity index (χ2n) is 3.99. The molecule has 1 aliphatic carbocycles. The molecule has 0 unspecified atom stereocenters. The van der Waals surface area contributed by atoms with Crippen molar-refractivity contribution in [2.45, 2.75) is 60.5 Å². The van der Waals surface area contributed by atoms with Crippen LogP contribution in [0.3, 0.4) is 0 Å². The maximum atomic E-state index is 5.66. The quantitative estimate of drug-likeness (QED) is 0.748. The number of nitrogens with zero attached hydrogens (tertiary/aromatic N) is 1. The average molecular weight is 237 g/mol. The number of hydrogen-bond acceptors (Lipinski definition) is 2. The predicted molar refractivity (Wildman–Crippen MR) is 74.5 cm³/mol. The first-order chi connectivity index (χ1) is 8.24. The van der Waals surface area contributed by atoms with Crippen LogP contribution in [0.2, 0.25) is 0 Å². The van der Waals surface area contributed by atoms with Crippen LogP contribution < -0.4 is 4.74 Å². The molecule has 0 aliphatic heterocycles. The third-order valence-corrected chi connectivity index (χ3v) is 2.50. The van der Waals surface area contributed by atoms with E-state index in [9.17, 15) is 0 Å². The summed E-state index contributed by atoms with van der Waals surface area (Å²) in [4.78, 5) is 4.20. The maximum Gasteiger partial charge on any atom is 0.213 e. The molecule has 1 aromatic heterocycles. The van der Waals surface area contributed by atoms with Crippen LogP contribution in [0.5, 0.6) is 5.88 Å². The molecule has 1 fully saturated rings. The largest absolute Gasteiger partial charge is 0.474 e. The summed E-state index contributed by atoms with van der Waals surface area (Å²) in [6.45, 7) is 12.3. The van der Waals surface area contributed by atoms with Crippen molar-refractivity contribution in [3.05, 3.63) is 23.9 Å². The standard InChI is InChI=1S/C11H15NO.2C2H6/c1-8-3-4-11(12-7-8)13-10-5-9(2)6-10;2*1-2/h3-4,7,9-10H,5-6H2,1-2H3;2*1-2H3. The molecule has 98 valence electrons. The highest BCUT2D eigenvalue weighted by molar-refractivity contribution is 5.16. The van der Waals surface area contributed by atoms with Crippen molar-refractivity contribution >= 4 is 0 Å². The lowest BCUT2D eigenvalue weighted by molar-refractivity contribution is 0.0695. The highest BCUT2D eigenvalue weighted by Crippen LogP contribution is 2.29. The van der Waals surface area contributed by atoms with E-state index >= 15 is 0 Å². The van der Waals surface area contributed by atoms with E-state index in [1.165, 1.54) is 18.4 Å². The molecule has 0 atom stereocenters. The fourth-order valence-corrected chi connectivity index (χ4v) is 1.62. The molecule has 2 rings (SSSR count). The van der Waals surface area contributed by atoms with Crippen molar-refractivity contribution in [3.63, 3.8) is 0 Å². The van der Waals surface area contributed by atoms with Gasteiger partial charge in [0.05, 0.1) is 0 Å². The smallest absolute Gasteiger partial charge is 0.213 e. The van der Waals surface area contributed by atoms with Crippen LogP contribution in [0.15, 0.2) is 18.3 Å². The number of aryl methyl sites for hydroxylation is 1. The summed E-state index contributed by atoms with van der Waals surface area (Å²) < 4.78 is 5.66. The first-order valence-corrected chi connectivity index (χ1v) is 6.83. The Balaban J connectivity index is 0.000000581. The molecule has 17 heavy (non-hydrogen) atoms. The molecule has 0 bridgehead atoms. The van der Waals surface area contributed by atoms with Gasteiger partial charge in [-0.25, -0.2) is 4.98 Å². The summed E-state index contributed by atoms with van der Waals surface area (Å²) in [6, 6.07) is 3.97. The molecular formula is C15H27NO. The first kappa shape index (κ1) is 16.0. The zero-order chi connectivity index (χ0) is 13.3. The van der Waals surface area contributed by atoms with Crippen LogP contribution >= 0.6 is 0 Å². The summed E-state index contributed by atoms with van der Waals surface area (Å²) in [7, 11) is 0. The van der Waals surface area contributed by atoms with Gasteiger partial charge in [0.1, 0.15) is 6.10 Å². The minimum Gasteiger partial charge on any atom is -0.474 e. The zero-order valence-corrected chi connectivity index (χ0v) is 12.2. The Morgan fingerprint density at radius 3 is 2.12 bits per heavy atom. The highest BCUT2D eigenvalue weighted by Gasteiger charge is 2.27. The Hall–Kier alpha value is -1.05. The highest BCUT2D eigenvalue weighted by atomic mass is 16.5. The van der Waals surface area contributed by atoms with Crippen molar-refractivity contribution in [1.82, 2.24) is 4.98 Å². The molecule has 2 nitrogen and oxygen atoms in total. The van der Waals surface area contributed by atoms with Crippen LogP contribution in [0.1, 0.15) is 53.0 Å². The number of ether oxygens (including phenoxy) is 1. The van der Waals surface area contributed by atoms with E-state index in [0.29, 0.717) is 6.10 Å². The van der Waals surface area contributed by atoms with E-state index in [-0.39, 0.29) is 0 Å². The van der Waals surface area contributed by atoms with E-state index in [1.807, 2.05) is 52.9 Å². The monoisotopic (exact) mass is 237 g/mol. The Kier molecular flexibility index (Phi) is 8.47. The Bertz CT molecular complexity index is 275. The normalized spacial score (nSPS) is 21.1. The van der Waals surface area contributed by atoms with Crippen molar-refractivity contribution in [2.75, 3.05) is 0 Å². The van der Waals surface area contributed by atoms with Gasteiger partial charge in [0.15, 0.2) is 0 Å². The molecule has 1 aromatic rings. The molecule has 1 saturated carbocycles. The molecular weight excluding hydrogens is 210 g/mol. The number of rotatable bonds is 2. The van der Waals surface area contributed by atoms with Crippen molar-refractivity contribution < 1.29 is 4.74 Å². The Labute approximate surface area is 106 Å². The lowest BCUT2D eigenvalue weighted by Gasteiger charge is -2.32. The van der Waals surface area contributed by atoms with Gasteiger partial charge in [-0.2, -0.15) is 0 Å². The van der Waals surface area contributed by atoms with Gasteiger partial charge in [0.25, 0.3) is 0 Å². The topological polar surface area (TPSA) is 22.1 Å². The van der Waals surface area contributed by atoms with Gasteiger partial charge in [0.2, 0.25) is 5.88 Å². The van der Waals surface area contributed by atoms with Crippen LogP contribution in [0.4, 0.5) is 0 Å². The lowest BCUT2D eigenvalue weighted by atomic mass is 9.84. The maximum absolute atomic E-state index is 5.66. The summed E-state index contributed by atoms with van der Waals surface area (Å²) in [6.07, 6.45) is 4.60. The van der Waals surface area contributed by atoms with E-state index in [0.717, 1.165) is 11.8 Å². The van der Waals surface area contributed by atoms with Crippen molar-refractivity contribution in [1.29, 1.82) is 0 Å². The second-order valence-corrected chi connectivity index (χ2v) is 3.99. The number of hydrogen-bond donors (Lipinski definition) is 0. The molecule has 0 radical (unpaired) electrons. The lowest BCUT2D eigenvalue weighted by Crippen LogP contribution is -2.32. The molecule has 0 N–H and O–H groups in total. The minimum atomic E-state index is 0.408. The number of pyridine rings is 1. The molecule has 0 aromatic carbocycles. The van der Waals surface area contributed by atoms with Crippen LogP contribution in [-0.2, 0) is 0 Å². The molecule has 0 spiro atoms. The summed E-state index contributed by atoms with van der Waals surface area (Å²) in [5.74, 6) is 1.60. The van der Waals surface area contributed by atoms with Gasteiger partial charge >= 0.3 is 0 Å². The fourth-order valence-electron chi connectivity index (χ4n) is 1.62. The molecule has 1 aliphatic rings. The SMILES string of the molecule is CC.CC.Cc1ccc(OC2CC(C)C2)nc1. The van der Waals surface area contributed by atoms with Crippen LogP contribution in [0, 0.1) is 12.8 Å². The van der Waals surface area contributed by atoms with Crippen LogP contribution in [-0.4, -0.2) is 11.1 Å². The van der Waals surface area contributed by atoms with Crippen molar-refractivity contribution in [3.8, 4) is 5.88 Å². The van der Waals surface area contributed by atoms with Gasteiger partial charge in [0, 0.05) is 12.3 Å². The van der Waals surface area contributed by atoms with Crippen molar-refractivity contribution in [2.24, 2.45) is 5.92 Å². The third-order valence-electron chi connectivity index (χ3n) is 2.50. The fraction of sp³-hybridized carbons (Fsp3) is 0.667. The van der Waals surface area contributed by atoms with E-state index in [2.05, 4.69) is 11.9 Å². The van der Waals surface area contributed by atoms with Gasteiger partial charge in [-0.3, -0.25) is 0 Å². The van der Waals surface area contributed by atoms with Gasteiger partial charge in [-0.15, -0.1) is 0 Å².